The summed E-state index contributed by atoms with van der Waals surface area (Å²) in [6.45, 7) is 3.37. The van der Waals surface area contributed by atoms with Gasteiger partial charge in [-0.05, 0) is 19.1 Å². The quantitative estimate of drug-likeness (QED) is 0.664. The van der Waals surface area contributed by atoms with E-state index in [1.807, 2.05) is 19.1 Å². The first-order valence-electron chi connectivity index (χ1n) is 6.38. The maximum Gasteiger partial charge on any atom is 0.227 e. The van der Waals surface area contributed by atoms with Crippen LogP contribution in [0.4, 0.5) is 0 Å². The van der Waals surface area contributed by atoms with Crippen LogP contribution in [0.15, 0.2) is 33.6 Å². The number of H-pyrrole nitrogens is 1. The fourth-order valence-electron chi connectivity index (χ4n) is 1.95. The average Bonchev–Trinajstić information content (AvgIpc) is 3.16. The molecule has 0 aliphatic rings. The Balaban J connectivity index is 1.57. The third kappa shape index (κ3) is 2.77. The summed E-state index contributed by atoms with van der Waals surface area (Å²) in [6, 6.07) is 3.87. The third-order valence-electron chi connectivity index (χ3n) is 2.94. The molecule has 0 aliphatic heterocycles. The van der Waals surface area contributed by atoms with Crippen LogP contribution in [0.25, 0.3) is 11.5 Å². The number of rotatable bonds is 6. The molecule has 0 spiro atoms. The summed E-state index contributed by atoms with van der Waals surface area (Å²) in [5, 5.41) is 13.9. The molecule has 3 heterocycles. The minimum atomic E-state index is 0.631. The van der Waals surface area contributed by atoms with Crippen LogP contribution in [-0.4, -0.2) is 26.9 Å². The molecule has 3 aromatic heterocycles. The van der Waals surface area contributed by atoms with E-state index in [0.717, 1.165) is 29.3 Å². The van der Waals surface area contributed by atoms with Crippen LogP contribution in [0.5, 0.6) is 0 Å². The van der Waals surface area contributed by atoms with Gasteiger partial charge >= 0.3 is 0 Å². The van der Waals surface area contributed by atoms with Crippen LogP contribution in [0.3, 0.4) is 0 Å². The first kappa shape index (κ1) is 12.6. The van der Waals surface area contributed by atoms with Gasteiger partial charge in [-0.25, -0.2) is 0 Å². The molecule has 3 aromatic rings. The molecule has 0 amide bonds. The van der Waals surface area contributed by atoms with E-state index in [9.17, 15) is 0 Å². The van der Waals surface area contributed by atoms with E-state index < -0.39 is 0 Å². The highest BCUT2D eigenvalue weighted by atomic mass is 16.5. The van der Waals surface area contributed by atoms with Gasteiger partial charge in [0.25, 0.3) is 0 Å². The van der Waals surface area contributed by atoms with Crippen molar-refractivity contribution in [1.82, 2.24) is 25.7 Å². The Morgan fingerprint density at radius 1 is 1.35 bits per heavy atom. The summed E-state index contributed by atoms with van der Waals surface area (Å²) in [7, 11) is 0. The van der Waals surface area contributed by atoms with Crippen LogP contribution in [-0.2, 0) is 13.0 Å². The number of nitrogens with zero attached hydrogens (tertiary/aromatic N) is 3. The molecule has 20 heavy (non-hydrogen) atoms. The Labute approximate surface area is 115 Å². The molecule has 7 heteroatoms. The van der Waals surface area contributed by atoms with E-state index >= 15 is 0 Å². The number of hydrogen-bond donors (Lipinski definition) is 2. The van der Waals surface area contributed by atoms with Crippen molar-refractivity contribution in [3.05, 3.63) is 41.9 Å². The van der Waals surface area contributed by atoms with Gasteiger partial charge in [0.15, 0.2) is 12.1 Å². The van der Waals surface area contributed by atoms with Crippen LogP contribution in [0.2, 0.25) is 0 Å². The van der Waals surface area contributed by atoms with Crippen molar-refractivity contribution >= 4 is 0 Å². The van der Waals surface area contributed by atoms with Crippen LogP contribution < -0.4 is 5.32 Å². The van der Waals surface area contributed by atoms with Gasteiger partial charge in [-0.2, -0.15) is 10.1 Å². The van der Waals surface area contributed by atoms with E-state index in [0.29, 0.717) is 18.9 Å². The van der Waals surface area contributed by atoms with E-state index in [2.05, 4.69) is 25.7 Å². The average molecular weight is 273 g/mol. The topological polar surface area (TPSA) is 92.8 Å². The second-order valence-corrected chi connectivity index (χ2v) is 4.44. The highest BCUT2D eigenvalue weighted by Crippen LogP contribution is 2.23. The SMILES string of the molecule is Cc1ccc(-c2[nH]ncc2CNCCc2ncno2)o1. The lowest BCUT2D eigenvalue weighted by Gasteiger charge is -2.02. The zero-order valence-electron chi connectivity index (χ0n) is 11.1. The van der Waals surface area contributed by atoms with Gasteiger partial charge < -0.3 is 14.3 Å². The number of aryl methyl sites for hydroxylation is 1. The normalized spacial score (nSPS) is 11.1. The Bertz CT molecular complexity index is 656. The summed E-state index contributed by atoms with van der Waals surface area (Å²) in [5.41, 5.74) is 1.97. The maximum absolute atomic E-state index is 5.60. The molecule has 0 bridgehead atoms. The molecule has 0 saturated carbocycles. The van der Waals surface area contributed by atoms with E-state index in [1.54, 1.807) is 6.20 Å². The highest BCUT2D eigenvalue weighted by Gasteiger charge is 2.10. The van der Waals surface area contributed by atoms with Gasteiger partial charge in [0.05, 0.1) is 6.20 Å². The zero-order valence-corrected chi connectivity index (χ0v) is 11.1. The standard InChI is InChI=1S/C13H15N5O2/c1-9-2-3-11(19-9)13-10(7-16-18-13)6-14-5-4-12-15-8-17-20-12/h2-3,7-8,14H,4-6H2,1H3,(H,16,18). The van der Waals surface area contributed by atoms with Crippen molar-refractivity contribution in [1.29, 1.82) is 0 Å². The Kier molecular flexibility index (Phi) is 3.60. The molecule has 0 aromatic carbocycles. The van der Waals surface area contributed by atoms with Crippen molar-refractivity contribution in [2.75, 3.05) is 6.54 Å². The largest absolute Gasteiger partial charge is 0.460 e. The van der Waals surface area contributed by atoms with E-state index in [1.165, 1.54) is 6.33 Å². The highest BCUT2D eigenvalue weighted by molar-refractivity contribution is 5.56. The summed E-state index contributed by atoms with van der Waals surface area (Å²) < 4.78 is 10.5. The number of hydrogen-bond acceptors (Lipinski definition) is 6. The summed E-state index contributed by atoms with van der Waals surface area (Å²) in [6.07, 6.45) is 3.91. The predicted molar refractivity (Wildman–Crippen MR) is 70.7 cm³/mol. The second-order valence-electron chi connectivity index (χ2n) is 4.44. The second kappa shape index (κ2) is 5.70. The van der Waals surface area contributed by atoms with Crippen molar-refractivity contribution in [3.63, 3.8) is 0 Å². The molecule has 2 N–H and O–H groups in total. The first-order valence-corrected chi connectivity index (χ1v) is 6.38. The van der Waals surface area contributed by atoms with Gasteiger partial charge in [0, 0.05) is 25.1 Å². The summed E-state index contributed by atoms with van der Waals surface area (Å²) >= 11 is 0. The lowest BCUT2D eigenvalue weighted by Crippen LogP contribution is -2.16. The third-order valence-corrected chi connectivity index (χ3v) is 2.94. The molecule has 104 valence electrons. The van der Waals surface area contributed by atoms with Crippen LogP contribution >= 0.6 is 0 Å². The lowest BCUT2D eigenvalue weighted by molar-refractivity contribution is 0.375. The van der Waals surface area contributed by atoms with Gasteiger partial charge in [0.1, 0.15) is 11.5 Å². The fraction of sp³-hybridized carbons (Fsp3) is 0.308. The Morgan fingerprint density at radius 3 is 3.05 bits per heavy atom. The summed E-state index contributed by atoms with van der Waals surface area (Å²) in [4.78, 5) is 3.97. The van der Waals surface area contributed by atoms with Crippen molar-refractivity contribution in [2.24, 2.45) is 0 Å². The molecule has 0 unspecified atom stereocenters. The molecule has 0 saturated heterocycles. The molecule has 0 radical (unpaired) electrons. The zero-order chi connectivity index (χ0) is 13.8. The number of aromatic amines is 1. The predicted octanol–water partition coefficient (Wildman–Crippen LogP) is 1.69. The Morgan fingerprint density at radius 2 is 2.30 bits per heavy atom. The minimum absolute atomic E-state index is 0.631. The lowest BCUT2D eigenvalue weighted by atomic mass is 10.2. The van der Waals surface area contributed by atoms with Crippen molar-refractivity contribution in [2.45, 2.75) is 19.9 Å². The number of nitrogens with one attached hydrogen (secondary N) is 2. The van der Waals surface area contributed by atoms with Crippen LogP contribution in [0.1, 0.15) is 17.2 Å². The molecule has 7 nitrogen and oxygen atoms in total. The van der Waals surface area contributed by atoms with Gasteiger partial charge in [-0.1, -0.05) is 5.16 Å². The fourth-order valence-corrected chi connectivity index (χ4v) is 1.95. The van der Waals surface area contributed by atoms with Gasteiger partial charge in [-0.15, -0.1) is 0 Å². The molecule has 0 atom stereocenters. The van der Waals surface area contributed by atoms with Crippen molar-refractivity contribution in [3.8, 4) is 11.5 Å². The van der Waals surface area contributed by atoms with Crippen LogP contribution in [0, 0.1) is 6.92 Å². The maximum atomic E-state index is 5.60. The number of furan rings is 1. The molecule has 3 rings (SSSR count). The first-order chi connectivity index (χ1) is 9.83. The number of aromatic nitrogens is 4. The molecule has 0 fully saturated rings. The van der Waals surface area contributed by atoms with Gasteiger partial charge in [-0.3, -0.25) is 5.10 Å². The van der Waals surface area contributed by atoms with E-state index in [-0.39, 0.29) is 0 Å². The van der Waals surface area contributed by atoms with Crippen molar-refractivity contribution < 1.29 is 8.94 Å². The smallest absolute Gasteiger partial charge is 0.227 e. The molecule has 0 aliphatic carbocycles. The minimum Gasteiger partial charge on any atom is -0.460 e. The molecular weight excluding hydrogens is 258 g/mol. The monoisotopic (exact) mass is 273 g/mol. The molecular formula is C13H15N5O2. The Hall–Kier alpha value is -2.41. The van der Waals surface area contributed by atoms with E-state index in [4.69, 9.17) is 8.94 Å². The summed E-state index contributed by atoms with van der Waals surface area (Å²) in [5.74, 6) is 2.31. The van der Waals surface area contributed by atoms with Gasteiger partial charge in [0.2, 0.25) is 5.89 Å².